The number of nitrogens with two attached hydrogens (primary N) is 1. The van der Waals surface area contributed by atoms with E-state index in [0.717, 1.165) is 0 Å². The maximum atomic E-state index is 12.5. The van der Waals surface area contributed by atoms with Gasteiger partial charge in [0.2, 0.25) is 21.8 Å². The Kier molecular flexibility index (Phi) is 10.9. The number of sulfonamides is 1. The molecule has 184 valence electrons. The lowest BCUT2D eigenvalue weighted by atomic mass is 9.97. The van der Waals surface area contributed by atoms with E-state index >= 15 is 0 Å². The summed E-state index contributed by atoms with van der Waals surface area (Å²) in [5.41, 5.74) is 1.65. The van der Waals surface area contributed by atoms with E-state index in [1.54, 1.807) is 55.5 Å². The van der Waals surface area contributed by atoms with Crippen molar-refractivity contribution < 1.29 is 27.6 Å². The third-order valence-electron chi connectivity index (χ3n) is 5.22. The largest absolute Gasteiger partial charge is 0.354 e. The van der Waals surface area contributed by atoms with Gasteiger partial charge in [0, 0.05) is 24.1 Å². The average Bonchev–Trinajstić information content (AvgIpc) is 2.83. The van der Waals surface area contributed by atoms with Gasteiger partial charge in [-0.2, -0.15) is 0 Å². The van der Waals surface area contributed by atoms with Crippen LogP contribution < -0.4 is 15.9 Å². The van der Waals surface area contributed by atoms with E-state index in [1.807, 2.05) is 6.07 Å². The molecule has 2 rings (SSSR count). The van der Waals surface area contributed by atoms with Crippen molar-refractivity contribution >= 4 is 27.6 Å². The molecule has 2 aromatic carbocycles. The SMILES string of the molecule is CC(C(=O)NS(=O)(=O)CCCCCC(=O)NCCON)c1ccc(C(=O)c2ccccc2)cc1. The van der Waals surface area contributed by atoms with Gasteiger partial charge in [-0.3, -0.25) is 19.1 Å². The number of rotatable bonds is 14. The van der Waals surface area contributed by atoms with Crippen LogP contribution in [0.1, 0.15) is 60.0 Å². The molecule has 0 bridgehead atoms. The average molecular weight is 490 g/mol. The van der Waals surface area contributed by atoms with Gasteiger partial charge in [-0.05, 0) is 25.3 Å². The van der Waals surface area contributed by atoms with E-state index in [2.05, 4.69) is 14.9 Å². The molecule has 2 amide bonds. The van der Waals surface area contributed by atoms with E-state index in [9.17, 15) is 22.8 Å². The first-order chi connectivity index (χ1) is 16.2. The quantitative estimate of drug-likeness (QED) is 0.209. The molecular weight excluding hydrogens is 458 g/mol. The minimum Gasteiger partial charge on any atom is -0.354 e. The fraction of sp³-hybridized carbons (Fsp3) is 0.375. The zero-order valence-electron chi connectivity index (χ0n) is 19.2. The van der Waals surface area contributed by atoms with Gasteiger partial charge in [0.15, 0.2) is 5.78 Å². The first kappa shape index (κ1) is 27.2. The lowest BCUT2D eigenvalue weighted by Crippen LogP contribution is -2.35. The van der Waals surface area contributed by atoms with Crippen LogP contribution in [0.2, 0.25) is 0 Å². The van der Waals surface area contributed by atoms with Crippen LogP contribution in [-0.4, -0.2) is 44.9 Å². The Morgan fingerprint density at radius 1 is 0.941 bits per heavy atom. The molecule has 2 aromatic rings. The summed E-state index contributed by atoms with van der Waals surface area (Å²) in [6.07, 6.45) is 1.66. The minimum atomic E-state index is -3.79. The molecule has 34 heavy (non-hydrogen) atoms. The number of ketones is 1. The molecule has 4 N–H and O–H groups in total. The molecule has 1 atom stereocenters. The summed E-state index contributed by atoms with van der Waals surface area (Å²) in [6.45, 7) is 2.14. The molecule has 0 radical (unpaired) electrons. The number of carbonyl (C=O) groups excluding carboxylic acids is 3. The Hall–Kier alpha value is -3.08. The van der Waals surface area contributed by atoms with Crippen molar-refractivity contribution in [2.75, 3.05) is 18.9 Å². The monoisotopic (exact) mass is 489 g/mol. The van der Waals surface area contributed by atoms with Crippen molar-refractivity contribution in [3.05, 3.63) is 71.3 Å². The van der Waals surface area contributed by atoms with Gasteiger partial charge in [-0.15, -0.1) is 0 Å². The van der Waals surface area contributed by atoms with Crippen molar-refractivity contribution in [1.29, 1.82) is 0 Å². The zero-order chi connectivity index (χ0) is 25.0. The highest BCUT2D eigenvalue weighted by atomic mass is 32.2. The Balaban J connectivity index is 1.79. The molecular formula is C24H31N3O6S. The van der Waals surface area contributed by atoms with E-state index in [-0.39, 0.29) is 30.5 Å². The molecule has 0 saturated heterocycles. The van der Waals surface area contributed by atoms with Gasteiger partial charge in [-0.1, -0.05) is 61.0 Å². The Labute approximate surface area is 200 Å². The first-order valence-electron chi connectivity index (χ1n) is 11.1. The summed E-state index contributed by atoms with van der Waals surface area (Å²) in [5, 5.41) is 2.62. The van der Waals surface area contributed by atoms with Crippen molar-refractivity contribution in [1.82, 2.24) is 10.0 Å². The van der Waals surface area contributed by atoms with Gasteiger partial charge < -0.3 is 10.2 Å². The van der Waals surface area contributed by atoms with E-state index in [4.69, 9.17) is 5.90 Å². The molecule has 10 heteroatoms. The zero-order valence-corrected chi connectivity index (χ0v) is 20.0. The number of benzene rings is 2. The van der Waals surface area contributed by atoms with Gasteiger partial charge >= 0.3 is 0 Å². The van der Waals surface area contributed by atoms with Crippen LogP contribution in [0.3, 0.4) is 0 Å². The second-order valence-electron chi connectivity index (χ2n) is 7.86. The number of hydrogen-bond acceptors (Lipinski definition) is 7. The van der Waals surface area contributed by atoms with Crippen LogP contribution >= 0.6 is 0 Å². The smallest absolute Gasteiger partial charge is 0.240 e. The number of unbranched alkanes of at least 4 members (excludes halogenated alkanes) is 2. The molecule has 0 fully saturated rings. The Bertz CT molecular complexity index is 1060. The minimum absolute atomic E-state index is 0.131. The van der Waals surface area contributed by atoms with Crippen molar-refractivity contribution in [2.24, 2.45) is 5.90 Å². The molecule has 0 spiro atoms. The summed E-state index contributed by atoms with van der Waals surface area (Å²) in [5.74, 6) is 3.03. The lowest BCUT2D eigenvalue weighted by molar-refractivity contribution is -0.121. The van der Waals surface area contributed by atoms with E-state index in [1.165, 1.54) is 0 Å². The van der Waals surface area contributed by atoms with Crippen LogP contribution in [0.5, 0.6) is 0 Å². The highest BCUT2D eigenvalue weighted by molar-refractivity contribution is 7.90. The van der Waals surface area contributed by atoms with Crippen LogP contribution in [0.15, 0.2) is 54.6 Å². The fourth-order valence-corrected chi connectivity index (χ4v) is 4.39. The molecule has 0 aliphatic heterocycles. The molecule has 0 heterocycles. The Morgan fingerprint density at radius 2 is 1.59 bits per heavy atom. The van der Waals surface area contributed by atoms with Crippen LogP contribution in [0, 0.1) is 0 Å². The maximum absolute atomic E-state index is 12.5. The van der Waals surface area contributed by atoms with Crippen molar-refractivity contribution in [3.8, 4) is 0 Å². The number of hydrogen-bond donors (Lipinski definition) is 3. The maximum Gasteiger partial charge on any atom is 0.240 e. The molecule has 0 aromatic heterocycles. The highest BCUT2D eigenvalue weighted by Crippen LogP contribution is 2.18. The predicted molar refractivity (Wildman–Crippen MR) is 128 cm³/mol. The summed E-state index contributed by atoms with van der Waals surface area (Å²) >= 11 is 0. The van der Waals surface area contributed by atoms with Gasteiger partial charge in [0.05, 0.1) is 18.3 Å². The molecule has 0 aliphatic carbocycles. The normalized spacial score (nSPS) is 12.1. The van der Waals surface area contributed by atoms with Crippen LogP contribution in [-0.2, 0) is 24.4 Å². The van der Waals surface area contributed by atoms with Crippen LogP contribution in [0.25, 0.3) is 0 Å². The Morgan fingerprint density at radius 3 is 2.24 bits per heavy atom. The standard InChI is InChI=1S/C24H31N3O6S/c1-18(19-11-13-21(14-12-19)23(29)20-8-4-2-5-9-20)24(30)27-34(31,32)17-7-3-6-10-22(28)26-15-16-33-25/h2,4-5,8-9,11-14,18H,3,6-7,10,15-17,25H2,1H3,(H,26,28)(H,27,30). The summed E-state index contributed by atoms with van der Waals surface area (Å²) in [6, 6.07) is 15.4. The lowest BCUT2D eigenvalue weighted by Gasteiger charge is -2.13. The van der Waals surface area contributed by atoms with Gasteiger partial charge in [0.1, 0.15) is 0 Å². The van der Waals surface area contributed by atoms with Crippen molar-refractivity contribution in [2.45, 2.75) is 38.5 Å². The second kappa shape index (κ2) is 13.6. The van der Waals surface area contributed by atoms with Gasteiger partial charge in [-0.25, -0.2) is 14.3 Å². The third-order valence-corrected chi connectivity index (χ3v) is 6.56. The third kappa shape index (κ3) is 9.05. The number of carbonyl (C=O) groups is 3. The van der Waals surface area contributed by atoms with Crippen molar-refractivity contribution in [3.63, 3.8) is 0 Å². The molecule has 1 unspecified atom stereocenters. The van der Waals surface area contributed by atoms with E-state index in [0.29, 0.717) is 42.5 Å². The predicted octanol–water partition coefficient (Wildman–Crippen LogP) is 2.03. The summed E-state index contributed by atoms with van der Waals surface area (Å²) in [7, 11) is -3.79. The van der Waals surface area contributed by atoms with E-state index < -0.39 is 21.8 Å². The topological polar surface area (TPSA) is 145 Å². The second-order valence-corrected chi connectivity index (χ2v) is 9.70. The summed E-state index contributed by atoms with van der Waals surface area (Å²) < 4.78 is 26.6. The molecule has 0 aliphatic rings. The number of amides is 2. The first-order valence-corrected chi connectivity index (χ1v) is 12.7. The highest BCUT2D eigenvalue weighted by Gasteiger charge is 2.21. The number of nitrogens with one attached hydrogen (secondary N) is 2. The molecule has 9 nitrogen and oxygen atoms in total. The van der Waals surface area contributed by atoms with Crippen LogP contribution in [0.4, 0.5) is 0 Å². The fourth-order valence-electron chi connectivity index (χ4n) is 3.22. The summed E-state index contributed by atoms with van der Waals surface area (Å²) in [4.78, 5) is 40.9. The molecule has 0 saturated carbocycles. The van der Waals surface area contributed by atoms with Gasteiger partial charge in [0.25, 0.3) is 0 Å².